The Hall–Kier alpha value is -1.92. The van der Waals surface area contributed by atoms with E-state index < -0.39 is 0 Å². The Labute approximate surface area is 149 Å². The first-order chi connectivity index (χ1) is 12.1. The molecule has 1 amide bonds. The molecule has 6 heteroatoms. The topological polar surface area (TPSA) is 76.2 Å². The molecule has 1 aromatic carbocycles. The fourth-order valence-electron chi connectivity index (χ4n) is 3.65. The molecule has 2 atom stereocenters. The molecule has 136 valence electrons. The summed E-state index contributed by atoms with van der Waals surface area (Å²) >= 11 is 0. The molecule has 6 nitrogen and oxygen atoms in total. The molecule has 1 saturated carbocycles. The lowest BCUT2D eigenvalue weighted by molar-refractivity contribution is -0.119. The van der Waals surface area contributed by atoms with E-state index in [0.717, 1.165) is 56.5 Å². The van der Waals surface area contributed by atoms with Crippen molar-refractivity contribution < 1.29 is 4.79 Å². The minimum absolute atomic E-state index is 0.00560. The van der Waals surface area contributed by atoms with Crippen molar-refractivity contribution in [1.82, 2.24) is 14.5 Å². The van der Waals surface area contributed by atoms with Crippen molar-refractivity contribution in [3.63, 3.8) is 0 Å². The average Bonchev–Trinajstić information content (AvgIpc) is 3.20. The summed E-state index contributed by atoms with van der Waals surface area (Å²) in [5, 5.41) is 3.06. The predicted octanol–water partition coefficient (Wildman–Crippen LogP) is 2.44. The summed E-state index contributed by atoms with van der Waals surface area (Å²) < 4.78 is 2.13. The van der Waals surface area contributed by atoms with Gasteiger partial charge in [-0.1, -0.05) is 26.0 Å². The van der Waals surface area contributed by atoms with E-state index in [-0.39, 0.29) is 17.9 Å². The highest BCUT2D eigenvalue weighted by atomic mass is 16.2. The van der Waals surface area contributed by atoms with E-state index in [1.807, 2.05) is 18.2 Å². The van der Waals surface area contributed by atoms with Crippen molar-refractivity contribution in [2.45, 2.75) is 45.7 Å². The van der Waals surface area contributed by atoms with E-state index in [2.05, 4.69) is 39.7 Å². The van der Waals surface area contributed by atoms with Gasteiger partial charge in [0, 0.05) is 25.0 Å². The van der Waals surface area contributed by atoms with Crippen LogP contribution in [-0.4, -0.2) is 46.0 Å². The Bertz CT molecular complexity index is 722. The van der Waals surface area contributed by atoms with Crippen LogP contribution in [0.1, 0.15) is 33.1 Å². The highest BCUT2D eigenvalue weighted by Crippen LogP contribution is 2.26. The molecule has 0 radical (unpaired) electrons. The molecular formula is C19H29N5O. The molecule has 2 unspecified atom stereocenters. The molecule has 1 aromatic heterocycles. The van der Waals surface area contributed by atoms with Gasteiger partial charge in [0.15, 0.2) is 0 Å². The summed E-state index contributed by atoms with van der Waals surface area (Å²) in [5.41, 5.74) is 7.93. The molecule has 1 fully saturated rings. The molecule has 3 rings (SSSR count). The first-order valence-electron chi connectivity index (χ1n) is 9.36. The summed E-state index contributed by atoms with van der Waals surface area (Å²) in [4.78, 5) is 19.6. The standard InChI is InChI=1S/C19H29N5O/c1-3-23(4-2)11-12-24-17-8-6-5-7-16(17)21-19(24)22-18(25)14-9-10-15(20)13-14/h5-8,14-15H,3-4,9-13,20H2,1-2H3,(H,21,22,25). The van der Waals surface area contributed by atoms with Crippen LogP contribution in [0, 0.1) is 5.92 Å². The molecular weight excluding hydrogens is 314 g/mol. The predicted molar refractivity (Wildman–Crippen MR) is 101 cm³/mol. The number of aromatic nitrogens is 2. The number of carbonyl (C=O) groups excluding carboxylic acids is 1. The molecule has 1 heterocycles. The zero-order valence-electron chi connectivity index (χ0n) is 15.2. The van der Waals surface area contributed by atoms with Crippen molar-refractivity contribution in [3.8, 4) is 0 Å². The van der Waals surface area contributed by atoms with Crippen LogP contribution in [0.2, 0.25) is 0 Å². The van der Waals surface area contributed by atoms with Crippen molar-refractivity contribution >= 4 is 22.9 Å². The normalized spacial score (nSPS) is 20.5. The lowest BCUT2D eigenvalue weighted by Gasteiger charge is -2.19. The van der Waals surface area contributed by atoms with Crippen molar-refractivity contribution in [3.05, 3.63) is 24.3 Å². The van der Waals surface area contributed by atoms with Crippen molar-refractivity contribution in [2.75, 3.05) is 25.0 Å². The number of anilines is 1. The van der Waals surface area contributed by atoms with Crippen LogP contribution in [-0.2, 0) is 11.3 Å². The van der Waals surface area contributed by atoms with E-state index in [0.29, 0.717) is 5.95 Å². The van der Waals surface area contributed by atoms with Crippen LogP contribution in [0.4, 0.5) is 5.95 Å². The lowest BCUT2D eigenvalue weighted by atomic mass is 10.1. The third-order valence-electron chi connectivity index (χ3n) is 5.27. The fraction of sp³-hybridized carbons (Fsp3) is 0.579. The SMILES string of the molecule is CCN(CC)CCn1c(NC(=O)C2CCC(N)C2)nc2ccccc21. The number of hydrogen-bond acceptors (Lipinski definition) is 4. The molecule has 1 aliphatic carbocycles. The second kappa shape index (κ2) is 7.97. The summed E-state index contributed by atoms with van der Waals surface area (Å²) in [6.07, 6.45) is 2.56. The highest BCUT2D eigenvalue weighted by molar-refractivity contribution is 5.93. The van der Waals surface area contributed by atoms with E-state index in [1.54, 1.807) is 0 Å². The second-order valence-corrected chi connectivity index (χ2v) is 6.86. The minimum Gasteiger partial charge on any atom is -0.328 e. The number of carbonyl (C=O) groups is 1. The monoisotopic (exact) mass is 343 g/mol. The van der Waals surface area contributed by atoms with Gasteiger partial charge in [0.1, 0.15) is 0 Å². The van der Waals surface area contributed by atoms with Crippen LogP contribution in [0.15, 0.2) is 24.3 Å². The maximum Gasteiger partial charge on any atom is 0.229 e. The Balaban J connectivity index is 1.81. The summed E-state index contributed by atoms with van der Waals surface area (Å²) in [5.74, 6) is 0.706. The minimum atomic E-state index is 0.00560. The molecule has 2 aromatic rings. The van der Waals surface area contributed by atoms with Crippen molar-refractivity contribution in [1.29, 1.82) is 0 Å². The smallest absolute Gasteiger partial charge is 0.229 e. The van der Waals surface area contributed by atoms with Crippen LogP contribution < -0.4 is 11.1 Å². The van der Waals surface area contributed by atoms with Gasteiger partial charge in [-0.15, -0.1) is 0 Å². The van der Waals surface area contributed by atoms with Gasteiger partial charge in [-0.3, -0.25) is 10.1 Å². The molecule has 0 aliphatic heterocycles. The average molecular weight is 343 g/mol. The number of benzene rings is 1. The molecule has 3 N–H and O–H groups in total. The van der Waals surface area contributed by atoms with Crippen LogP contribution in [0.25, 0.3) is 11.0 Å². The van der Waals surface area contributed by atoms with Gasteiger partial charge in [-0.2, -0.15) is 0 Å². The van der Waals surface area contributed by atoms with Crippen LogP contribution in [0.5, 0.6) is 0 Å². The van der Waals surface area contributed by atoms with Gasteiger partial charge < -0.3 is 15.2 Å². The van der Waals surface area contributed by atoms with Gasteiger partial charge in [0.25, 0.3) is 0 Å². The largest absolute Gasteiger partial charge is 0.328 e. The second-order valence-electron chi connectivity index (χ2n) is 6.86. The number of hydrogen-bond donors (Lipinski definition) is 2. The summed E-state index contributed by atoms with van der Waals surface area (Å²) in [6.45, 7) is 8.12. The van der Waals surface area contributed by atoms with E-state index in [9.17, 15) is 4.79 Å². The molecule has 0 bridgehead atoms. The summed E-state index contributed by atoms with van der Waals surface area (Å²) in [7, 11) is 0. The third kappa shape index (κ3) is 4.02. The van der Waals surface area contributed by atoms with Gasteiger partial charge in [0.2, 0.25) is 11.9 Å². The third-order valence-corrected chi connectivity index (χ3v) is 5.27. The molecule has 0 saturated heterocycles. The summed E-state index contributed by atoms with van der Waals surface area (Å²) in [6, 6.07) is 8.19. The highest BCUT2D eigenvalue weighted by Gasteiger charge is 2.28. The van der Waals surface area contributed by atoms with Crippen LogP contribution >= 0.6 is 0 Å². The van der Waals surface area contributed by atoms with Gasteiger partial charge in [0.05, 0.1) is 11.0 Å². The quantitative estimate of drug-likeness (QED) is 0.810. The van der Waals surface area contributed by atoms with Gasteiger partial charge in [-0.05, 0) is 44.5 Å². The van der Waals surface area contributed by atoms with E-state index >= 15 is 0 Å². The zero-order chi connectivity index (χ0) is 17.8. The van der Waals surface area contributed by atoms with Gasteiger partial charge in [-0.25, -0.2) is 4.98 Å². The van der Waals surface area contributed by atoms with E-state index in [4.69, 9.17) is 5.73 Å². The zero-order valence-corrected chi connectivity index (χ0v) is 15.2. The fourth-order valence-corrected chi connectivity index (χ4v) is 3.65. The first kappa shape index (κ1) is 17.9. The Kier molecular flexibility index (Phi) is 5.71. The molecule has 0 spiro atoms. The number of nitrogens with two attached hydrogens (primary N) is 1. The number of imidazole rings is 1. The first-order valence-corrected chi connectivity index (χ1v) is 9.36. The molecule has 25 heavy (non-hydrogen) atoms. The Morgan fingerprint density at radius 2 is 2.08 bits per heavy atom. The number of nitrogens with one attached hydrogen (secondary N) is 1. The number of fused-ring (bicyclic) bond motifs is 1. The number of para-hydroxylation sites is 2. The Morgan fingerprint density at radius 3 is 2.76 bits per heavy atom. The molecule has 1 aliphatic rings. The maximum atomic E-state index is 12.6. The Morgan fingerprint density at radius 1 is 1.32 bits per heavy atom. The van der Waals surface area contributed by atoms with Gasteiger partial charge >= 0.3 is 0 Å². The maximum absolute atomic E-state index is 12.6. The number of rotatable bonds is 7. The number of likely N-dealkylation sites (N-methyl/N-ethyl adjacent to an activating group) is 1. The van der Waals surface area contributed by atoms with Crippen molar-refractivity contribution in [2.24, 2.45) is 11.7 Å². The van der Waals surface area contributed by atoms with Crippen LogP contribution in [0.3, 0.4) is 0 Å². The number of nitrogens with zero attached hydrogens (tertiary/aromatic N) is 3. The lowest BCUT2D eigenvalue weighted by Crippen LogP contribution is -2.28. The number of amides is 1. The van der Waals surface area contributed by atoms with E-state index in [1.165, 1.54) is 0 Å².